The summed E-state index contributed by atoms with van der Waals surface area (Å²) >= 11 is 0. The topological polar surface area (TPSA) is 18.5 Å². The van der Waals surface area contributed by atoms with Crippen LogP contribution >= 0.6 is 0 Å². The molecule has 0 spiro atoms. The van der Waals surface area contributed by atoms with Gasteiger partial charge in [-0.2, -0.15) is 0 Å². The molecule has 0 aliphatic heterocycles. The summed E-state index contributed by atoms with van der Waals surface area (Å²) in [6.07, 6.45) is 0. The van der Waals surface area contributed by atoms with Gasteiger partial charge >= 0.3 is 0 Å². The first kappa shape index (κ1) is 17.0. The Balaban J connectivity index is 2.70. The Bertz CT molecular complexity index is 382. The summed E-state index contributed by atoms with van der Waals surface area (Å²) in [5, 5.41) is 3.76. The van der Waals surface area contributed by atoms with Crippen molar-refractivity contribution in [3.63, 3.8) is 0 Å². The third-order valence-electron chi connectivity index (χ3n) is 3.74. The van der Waals surface area contributed by atoms with Gasteiger partial charge in [-0.15, -0.1) is 0 Å². The normalized spacial score (nSPS) is 14.7. The van der Waals surface area contributed by atoms with E-state index in [2.05, 4.69) is 88.3 Å². The number of rotatable bonds is 7. The van der Waals surface area contributed by atoms with Crippen LogP contribution in [0.2, 0.25) is 0 Å². The molecular weight excluding hydrogens is 246 g/mol. The van der Waals surface area contributed by atoms with Crippen LogP contribution in [0.25, 0.3) is 0 Å². The van der Waals surface area contributed by atoms with Gasteiger partial charge in [0.2, 0.25) is 0 Å². The quantitative estimate of drug-likeness (QED) is 0.826. The summed E-state index contributed by atoms with van der Waals surface area (Å²) in [4.78, 5) is 4.38. The molecule has 2 unspecified atom stereocenters. The van der Waals surface area contributed by atoms with Gasteiger partial charge in [-0.3, -0.25) is 0 Å². The van der Waals surface area contributed by atoms with Crippen LogP contribution in [0.3, 0.4) is 0 Å². The van der Waals surface area contributed by atoms with Gasteiger partial charge < -0.3 is 15.1 Å². The third-order valence-corrected chi connectivity index (χ3v) is 3.74. The molecule has 0 fully saturated rings. The van der Waals surface area contributed by atoms with Gasteiger partial charge in [0.1, 0.15) is 0 Å². The van der Waals surface area contributed by atoms with Crippen LogP contribution in [0, 0.1) is 5.92 Å². The van der Waals surface area contributed by atoms with E-state index in [-0.39, 0.29) is 0 Å². The van der Waals surface area contributed by atoms with E-state index < -0.39 is 0 Å². The zero-order valence-electron chi connectivity index (χ0n) is 14.1. The first-order valence-electron chi connectivity index (χ1n) is 7.49. The average Bonchev–Trinajstić information content (AvgIpc) is 2.37. The smallest absolute Gasteiger partial charge is 0.0361 e. The molecule has 0 saturated heterocycles. The van der Waals surface area contributed by atoms with Crippen molar-refractivity contribution in [1.29, 1.82) is 0 Å². The zero-order valence-corrected chi connectivity index (χ0v) is 14.1. The number of benzene rings is 1. The lowest BCUT2D eigenvalue weighted by Gasteiger charge is -2.29. The van der Waals surface area contributed by atoms with Crippen molar-refractivity contribution in [2.45, 2.75) is 32.9 Å². The van der Waals surface area contributed by atoms with Crippen LogP contribution in [-0.4, -0.2) is 45.7 Å². The van der Waals surface area contributed by atoms with Gasteiger partial charge in [0, 0.05) is 38.4 Å². The Morgan fingerprint density at radius 1 is 0.950 bits per heavy atom. The number of anilines is 1. The minimum Gasteiger partial charge on any atom is -0.378 e. The van der Waals surface area contributed by atoms with Crippen molar-refractivity contribution in [1.82, 2.24) is 10.2 Å². The fraction of sp³-hybridized carbons (Fsp3) is 0.647. The Hall–Kier alpha value is -1.06. The van der Waals surface area contributed by atoms with Gasteiger partial charge in [0.15, 0.2) is 0 Å². The average molecular weight is 277 g/mol. The second kappa shape index (κ2) is 7.65. The summed E-state index contributed by atoms with van der Waals surface area (Å²) in [6, 6.07) is 9.69. The molecule has 3 heteroatoms. The van der Waals surface area contributed by atoms with E-state index in [9.17, 15) is 0 Å². The predicted octanol–water partition coefficient (Wildman–Crippen LogP) is 2.99. The summed E-state index contributed by atoms with van der Waals surface area (Å²) in [6.45, 7) is 7.87. The van der Waals surface area contributed by atoms with E-state index in [1.165, 1.54) is 11.3 Å². The highest BCUT2D eigenvalue weighted by Gasteiger charge is 2.17. The van der Waals surface area contributed by atoms with Crippen LogP contribution in [0.15, 0.2) is 24.3 Å². The minimum atomic E-state index is 0.374. The lowest BCUT2D eigenvalue weighted by molar-refractivity contribution is 0.273. The summed E-state index contributed by atoms with van der Waals surface area (Å²) in [5.41, 5.74) is 2.59. The SMILES string of the molecule is CC(NC(CN(C)C)C(C)C)c1ccc(N(C)C)cc1. The molecule has 0 heterocycles. The molecule has 0 aliphatic rings. The highest BCUT2D eigenvalue weighted by molar-refractivity contribution is 5.46. The van der Waals surface area contributed by atoms with E-state index in [1.807, 2.05) is 0 Å². The Morgan fingerprint density at radius 2 is 1.50 bits per heavy atom. The molecule has 0 amide bonds. The maximum absolute atomic E-state index is 3.76. The minimum absolute atomic E-state index is 0.374. The lowest BCUT2D eigenvalue weighted by atomic mass is 10.0. The van der Waals surface area contributed by atoms with E-state index in [1.54, 1.807) is 0 Å². The number of nitrogens with zero attached hydrogens (tertiary/aromatic N) is 2. The van der Waals surface area contributed by atoms with Crippen molar-refractivity contribution >= 4 is 5.69 Å². The number of hydrogen-bond acceptors (Lipinski definition) is 3. The molecule has 1 aromatic rings. The van der Waals surface area contributed by atoms with E-state index >= 15 is 0 Å². The molecule has 114 valence electrons. The predicted molar refractivity (Wildman–Crippen MR) is 89.5 cm³/mol. The summed E-state index contributed by atoms with van der Waals surface area (Å²) < 4.78 is 0. The number of hydrogen-bond donors (Lipinski definition) is 1. The van der Waals surface area contributed by atoms with Gasteiger partial charge in [-0.05, 0) is 44.6 Å². The van der Waals surface area contributed by atoms with Crippen LogP contribution < -0.4 is 10.2 Å². The van der Waals surface area contributed by atoms with Crippen LogP contribution in [0.4, 0.5) is 5.69 Å². The van der Waals surface area contributed by atoms with Crippen molar-refractivity contribution in [2.24, 2.45) is 5.92 Å². The molecule has 0 radical (unpaired) electrons. The molecule has 0 aliphatic carbocycles. The maximum Gasteiger partial charge on any atom is 0.0361 e. The van der Waals surface area contributed by atoms with Crippen molar-refractivity contribution in [2.75, 3.05) is 39.6 Å². The van der Waals surface area contributed by atoms with Gasteiger partial charge in [-0.25, -0.2) is 0 Å². The van der Waals surface area contributed by atoms with Crippen LogP contribution in [-0.2, 0) is 0 Å². The molecule has 20 heavy (non-hydrogen) atoms. The Labute approximate surface area is 125 Å². The maximum atomic E-state index is 3.76. The number of nitrogens with one attached hydrogen (secondary N) is 1. The standard InChI is InChI=1S/C17H31N3/c1-13(2)17(12-19(4)5)18-14(3)15-8-10-16(11-9-15)20(6)7/h8-11,13-14,17-18H,12H2,1-7H3. The van der Waals surface area contributed by atoms with E-state index in [4.69, 9.17) is 0 Å². The monoisotopic (exact) mass is 277 g/mol. The van der Waals surface area contributed by atoms with Crippen LogP contribution in [0.1, 0.15) is 32.4 Å². The van der Waals surface area contributed by atoms with Crippen molar-refractivity contribution in [3.05, 3.63) is 29.8 Å². The fourth-order valence-electron chi connectivity index (χ4n) is 2.33. The molecule has 0 bridgehead atoms. The fourth-order valence-corrected chi connectivity index (χ4v) is 2.33. The molecular formula is C17H31N3. The molecule has 1 N–H and O–H groups in total. The molecule has 2 atom stereocenters. The highest BCUT2D eigenvalue weighted by Crippen LogP contribution is 2.19. The van der Waals surface area contributed by atoms with Gasteiger partial charge in [0.05, 0.1) is 0 Å². The van der Waals surface area contributed by atoms with Crippen molar-refractivity contribution in [3.8, 4) is 0 Å². The molecule has 0 aromatic heterocycles. The van der Waals surface area contributed by atoms with E-state index in [0.717, 1.165) is 6.54 Å². The Morgan fingerprint density at radius 3 is 1.90 bits per heavy atom. The molecule has 1 aromatic carbocycles. The third kappa shape index (κ3) is 5.14. The second-order valence-corrected chi connectivity index (χ2v) is 6.49. The highest BCUT2D eigenvalue weighted by atomic mass is 15.1. The second-order valence-electron chi connectivity index (χ2n) is 6.49. The Kier molecular flexibility index (Phi) is 6.50. The lowest BCUT2D eigenvalue weighted by Crippen LogP contribution is -2.43. The molecule has 0 saturated carbocycles. The summed E-state index contributed by atoms with van der Waals surface area (Å²) in [7, 11) is 8.41. The van der Waals surface area contributed by atoms with Gasteiger partial charge in [-0.1, -0.05) is 26.0 Å². The zero-order chi connectivity index (χ0) is 15.3. The van der Waals surface area contributed by atoms with Gasteiger partial charge in [0.25, 0.3) is 0 Å². The first-order valence-corrected chi connectivity index (χ1v) is 7.49. The number of likely N-dealkylation sites (N-methyl/N-ethyl adjacent to an activating group) is 1. The van der Waals surface area contributed by atoms with Crippen LogP contribution in [0.5, 0.6) is 0 Å². The summed E-state index contributed by atoms with van der Waals surface area (Å²) in [5.74, 6) is 0.626. The van der Waals surface area contributed by atoms with E-state index in [0.29, 0.717) is 18.0 Å². The first-order chi connectivity index (χ1) is 9.31. The molecule has 1 rings (SSSR count). The molecule has 3 nitrogen and oxygen atoms in total. The van der Waals surface area contributed by atoms with Crippen molar-refractivity contribution < 1.29 is 0 Å². The largest absolute Gasteiger partial charge is 0.378 e.